The third-order valence-electron chi connectivity index (χ3n) is 2.78. The van der Waals surface area contributed by atoms with Crippen LogP contribution in [0.5, 0.6) is 0 Å². The van der Waals surface area contributed by atoms with Gasteiger partial charge in [0.1, 0.15) is 0 Å². The van der Waals surface area contributed by atoms with Crippen molar-refractivity contribution in [3.05, 3.63) is 46.0 Å². The quantitative estimate of drug-likeness (QED) is 0.365. The van der Waals surface area contributed by atoms with Gasteiger partial charge >= 0.3 is 4.45 Å². The van der Waals surface area contributed by atoms with Gasteiger partial charge in [-0.3, -0.25) is 10.1 Å². The van der Waals surface area contributed by atoms with E-state index in [9.17, 15) is 10.1 Å². The zero-order chi connectivity index (χ0) is 12.7. The summed E-state index contributed by atoms with van der Waals surface area (Å²) in [4.78, 5) is 16.1. The number of hydrogen-bond donors (Lipinski definition) is 0. The highest BCUT2D eigenvalue weighted by Crippen LogP contribution is 2.43. The summed E-state index contributed by atoms with van der Waals surface area (Å²) >= 11 is 3.18. The van der Waals surface area contributed by atoms with Gasteiger partial charge in [-0.15, -0.1) is 0 Å². The molecule has 5 nitrogen and oxygen atoms in total. The fourth-order valence-electron chi connectivity index (χ4n) is 1.71. The first-order chi connectivity index (χ1) is 7.89. The molecular weight excluding hydrogens is 288 g/mol. The molecule has 1 aliphatic heterocycles. The standard InChI is InChI=1S/C11H11BrN2O3/c1-10(2)11(12,14(15)16)9(13-17-10)8-6-4-3-5-7-8/h3-7H,1-2H3. The van der Waals surface area contributed by atoms with E-state index in [1.807, 2.05) is 6.07 Å². The Bertz CT molecular complexity index is 487. The van der Waals surface area contributed by atoms with Crippen molar-refractivity contribution < 1.29 is 9.76 Å². The van der Waals surface area contributed by atoms with Crippen molar-refractivity contribution in [2.75, 3.05) is 0 Å². The van der Waals surface area contributed by atoms with Gasteiger partial charge in [-0.05, 0) is 13.8 Å². The summed E-state index contributed by atoms with van der Waals surface area (Å²) in [6, 6.07) is 8.98. The van der Waals surface area contributed by atoms with Gasteiger partial charge in [0.05, 0.1) is 0 Å². The number of benzene rings is 1. The molecule has 0 saturated heterocycles. The molecule has 6 heteroatoms. The summed E-state index contributed by atoms with van der Waals surface area (Å²) in [6.07, 6.45) is 0. The summed E-state index contributed by atoms with van der Waals surface area (Å²) in [5.41, 5.74) is -0.0819. The third kappa shape index (κ3) is 1.63. The van der Waals surface area contributed by atoms with E-state index in [1.54, 1.807) is 38.1 Å². The first-order valence-corrected chi connectivity index (χ1v) is 5.84. The third-order valence-corrected chi connectivity index (χ3v) is 4.40. The number of nitro groups is 1. The van der Waals surface area contributed by atoms with Crippen molar-refractivity contribution in [2.45, 2.75) is 23.9 Å². The van der Waals surface area contributed by atoms with Gasteiger partial charge in [0.15, 0.2) is 5.71 Å². The summed E-state index contributed by atoms with van der Waals surface area (Å²) in [7, 11) is 0. The molecule has 0 bridgehead atoms. The number of hydrogen-bond acceptors (Lipinski definition) is 4. The number of oxime groups is 1. The van der Waals surface area contributed by atoms with E-state index < -0.39 is 15.0 Å². The second-order valence-corrected chi connectivity index (χ2v) is 5.43. The fourth-order valence-corrected chi connectivity index (χ4v) is 2.09. The van der Waals surface area contributed by atoms with Gasteiger partial charge in [-0.25, -0.2) is 0 Å². The maximum absolute atomic E-state index is 11.3. The van der Waals surface area contributed by atoms with Gasteiger partial charge < -0.3 is 4.84 Å². The molecule has 1 aromatic rings. The van der Waals surface area contributed by atoms with E-state index in [0.29, 0.717) is 5.56 Å². The van der Waals surface area contributed by atoms with E-state index in [0.717, 1.165) is 0 Å². The molecule has 0 aromatic heterocycles. The Morgan fingerprint density at radius 2 is 1.94 bits per heavy atom. The van der Waals surface area contributed by atoms with Crippen LogP contribution in [0.3, 0.4) is 0 Å². The molecule has 1 heterocycles. The molecule has 1 atom stereocenters. The molecule has 1 aromatic carbocycles. The van der Waals surface area contributed by atoms with Crippen molar-refractivity contribution in [3.63, 3.8) is 0 Å². The Balaban J connectivity index is 2.53. The predicted octanol–water partition coefficient (Wildman–Crippen LogP) is 2.57. The molecule has 1 unspecified atom stereocenters. The Morgan fingerprint density at radius 3 is 2.47 bits per heavy atom. The van der Waals surface area contributed by atoms with Crippen LogP contribution in [0, 0.1) is 10.1 Å². The maximum Gasteiger partial charge on any atom is 0.360 e. The maximum atomic E-state index is 11.3. The van der Waals surface area contributed by atoms with Crippen molar-refractivity contribution in [3.8, 4) is 0 Å². The molecular formula is C11H11BrN2O3. The van der Waals surface area contributed by atoms with E-state index >= 15 is 0 Å². The molecule has 0 spiro atoms. The highest BCUT2D eigenvalue weighted by molar-refractivity contribution is 9.10. The lowest BCUT2D eigenvalue weighted by Crippen LogP contribution is -2.53. The van der Waals surface area contributed by atoms with E-state index in [2.05, 4.69) is 21.1 Å². The first kappa shape index (κ1) is 12.0. The lowest BCUT2D eigenvalue weighted by atomic mass is 9.92. The van der Waals surface area contributed by atoms with Gasteiger partial charge in [0.25, 0.3) is 0 Å². The van der Waals surface area contributed by atoms with Gasteiger partial charge in [-0.1, -0.05) is 35.5 Å². The zero-order valence-electron chi connectivity index (χ0n) is 9.38. The van der Waals surface area contributed by atoms with Crippen molar-refractivity contribution in [1.29, 1.82) is 0 Å². The summed E-state index contributed by atoms with van der Waals surface area (Å²) in [5, 5.41) is 15.2. The van der Waals surface area contributed by atoms with Gasteiger partial charge in [0, 0.05) is 26.4 Å². The minimum atomic E-state index is -1.53. The summed E-state index contributed by atoms with van der Waals surface area (Å²) in [5.74, 6) is 0. The largest absolute Gasteiger partial charge is 0.380 e. The molecule has 0 amide bonds. The highest BCUT2D eigenvalue weighted by atomic mass is 79.9. The van der Waals surface area contributed by atoms with Crippen LogP contribution in [-0.4, -0.2) is 20.7 Å². The Morgan fingerprint density at radius 1 is 1.35 bits per heavy atom. The second kappa shape index (κ2) is 3.80. The molecule has 0 aliphatic carbocycles. The zero-order valence-corrected chi connectivity index (χ0v) is 11.0. The number of nitrogens with zero attached hydrogens (tertiary/aromatic N) is 2. The van der Waals surface area contributed by atoms with Crippen LogP contribution in [0.25, 0.3) is 0 Å². The molecule has 0 radical (unpaired) electrons. The average molecular weight is 299 g/mol. The van der Waals surface area contributed by atoms with Crippen LogP contribution < -0.4 is 0 Å². The predicted molar refractivity (Wildman–Crippen MR) is 66.8 cm³/mol. The Labute approximate surface area is 107 Å². The summed E-state index contributed by atoms with van der Waals surface area (Å²) < 4.78 is -1.53. The van der Waals surface area contributed by atoms with E-state index in [1.165, 1.54) is 0 Å². The topological polar surface area (TPSA) is 64.7 Å². The number of rotatable bonds is 2. The van der Waals surface area contributed by atoms with Gasteiger partial charge in [-0.2, -0.15) is 0 Å². The normalized spacial score (nSPS) is 26.2. The number of halogens is 1. The first-order valence-electron chi connectivity index (χ1n) is 5.05. The van der Waals surface area contributed by atoms with Crippen LogP contribution in [0.2, 0.25) is 0 Å². The molecule has 17 heavy (non-hydrogen) atoms. The van der Waals surface area contributed by atoms with Crippen LogP contribution >= 0.6 is 15.9 Å². The molecule has 0 fully saturated rings. The van der Waals surface area contributed by atoms with Crippen molar-refractivity contribution in [1.82, 2.24) is 0 Å². The fraction of sp³-hybridized carbons (Fsp3) is 0.364. The lowest BCUT2D eigenvalue weighted by molar-refractivity contribution is -0.532. The van der Waals surface area contributed by atoms with Crippen LogP contribution in [0.4, 0.5) is 0 Å². The minimum absolute atomic E-state index is 0.285. The monoisotopic (exact) mass is 298 g/mol. The molecule has 90 valence electrons. The van der Waals surface area contributed by atoms with Crippen LogP contribution in [-0.2, 0) is 4.84 Å². The number of alkyl halides is 1. The van der Waals surface area contributed by atoms with Crippen LogP contribution in [0.1, 0.15) is 19.4 Å². The van der Waals surface area contributed by atoms with E-state index in [4.69, 9.17) is 4.84 Å². The smallest absolute Gasteiger partial charge is 0.360 e. The Hall–Kier alpha value is -1.43. The average Bonchev–Trinajstić information content (AvgIpc) is 2.53. The molecule has 0 N–H and O–H groups in total. The molecule has 1 aliphatic rings. The lowest BCUT2D eigenvalue weighted by Gasteiger charge is -2.25. The SMILES string of the molecule is CC1(C)ON=C(c2ccccc2)C1(Br)[N+](=O)[O-]. The molecule has 2 rings (SSSR count). The van der Waals surface area contributed by atoms with Crippen LogP contribution in [0.15, 0.2) is 35.5 Å². The molecule has 0 saturated carbocycles. The van der Waals surface area contributed by atoms with E-state index in [-0.39, 0.29) is 5.71 Å². The summed E-state index contributed by atoms with van der Waals surface area (Å²) in [6.45, 7) is 3.26. The second-order valence-electron chi connectivity index (χ2n) is 4.29. The van der Waals surface area contributed by atoms with Crippen molar-refractivity contribution in [2.24, 2.45) is 5.16 Å². The van der Waals surface area contributed by atoms with Gasteiger partial charge in [0.2, 0.25) is 5.60 Å². The minimum Gasteiger partial charge on any atom is -0.380 e. The highest BCUT2D eigenvalue weighted by Gasteiger charge is 2.65. The Kier molecular flexibility index (Phi) is 2.69. The van der Waals surface area contributed by atoms with Crippen molar-refractivity contribution >= 4 is 21.6 Å².